The van der Waals surface area contributed by atoms with Gasteiger partial charge < -0.3 is 10.1 Å². The van der Waals surface area contributed by atoms with Gasteiger partial charge in [-0.1, -0.05) is 11.6 Å². The van der Waals surface area contributed by atoms with E-state index >= 15 is 0 Å². The molecule has 16 heavy (non-hydrogen) atoms. The average molecular weight is 262 g/mol. The van der Waals surface area contributed by atoms with E-state index < -0.39 is 0 Å². The number of carbonyl (C=O) groups excluding carboxylic acids is 1. The standard InChI is InChI=1S/C11H13Cl2NO2/c1-7-3-10(16-2)9(13)4-8(7)6-14-11(15)5-12/h3-4H,5-6H2,1-2H3,(H,14,15). The lowest BCUT2D eigenvalue weighted by molar-refractivity contribution is -0.118. The molecule has 1 aromatic rings. The molecule has 0 saturated carbocycles. The lowest BCUT2D eigenvalue weighted by Gasteiger charge is -2.10. The van der Waals surface area contributed by atoms with Crippen molar-refractivity contribution < 1.29 is 9.53 Å². The topological polar surface area (TPSA) is 38.3 Å². The fraction of sp³-hybridized carbons (Fsp3) is 0.364. The minimum Gasteiger partial charge on any atom is -0.495 e. The van der Waals surface area contributed by atoms with Crippen LogP contribution in [0.25, 0.3) is 0 Å². The van der Waals surface area contributed by atoms with E-state index in [1.54, 1.807) is 13.2 Å². The summed E-state index contributed by atoms with van der Waals surface area (Å²) in [5, 5.41) is 3.21. The van der Waals surface area contributed by atoms with Crippen molar-refractivity contribution >= 4 is 29.1 Å². The summed E-state index contributed by atoms with van der Waals surface area (Å²) < 4.78 is 5.09. The molecule has 5 heteroatoms. The summed E-state index contributed by atoms with van der Waals surface area (Å²) in [6.45, 7) is 2.35. The van der Waals surface area contributed by atoms with E-state index in [0.717, 1.165) is 11.1 Å². The Morgan fingerprint density at radius 1 is 1.50 bits per heavy atom. The van der Waals surface area contributed by atoms with Gasteiger partial charge in [0.05, 0.1) is 12.1 Å². The molecule has 1 N–H and O–H groups in total. The maximum Gasteiger partial charge on any atom is 0.235 e. The molecule has 1 aromatic carbocycles. The predicted molar refractivity (Wildman–Crippen MR) is 65.3 cm³/mol. The second kappa shape index (κ2) is 5.97. The second-order valence-corrected chi connectivity index (χ2v) is 4.00. The van der Waals surface area contributed by atoms with Crippen molar-refractivity contribution in [2.75, 3.05) is 13.0 Å². The van der Waals surface area contributed by atoms with Crippen molar-refractivity contribution in [2.45, 2.75) is 13.5 Å². The fourth-order valence-electron chi connectivity index (χ4n) is 1.28. The Labute approximate surface area is 105 Å². The van der Waals surface area contributed by atoms with Crippen molar-refractivity contribution in [1.82, 2.24) is 5.32 Å². The molecule has 1 rings (SSSR count). The molecule has 0 bridgehead atoms. The van der Waals surface area contributed by atoms with Crippen molar-refractivity contribution in [1.29, 1.82) is 0 Å². The average Bonchev–Trinajstić information content (AvgIpc) is 2.29. The van der Waals surface area contributed by atoms with Crippen molar-refractivity contribution in [3.05, 3.63) is 28.3 Å². The van der Waals surface area contributed by atoms with Crippen LogP contribution in [0.1, 0.15) is 11.1 Å². The van der Waals surface area contributed by atoms with Gasteiger partial charge in [-0.2, -0.15) is 0 Å². The highest BCUT2D eigenvalue weighted by atomic mass is 35.5. The number of nitrogens with one attached hydrogen (secondary N) is 1. The molecular weight excluding hydrogens is 249 g/mol. The molecular formula is C11H13Cl2NO2. The highest BCUT2D eigenvalue weighted by molar-refractivity contribution is 6.32. The molecule has 0 aliphatic carbocycles. The first-order chi connectivity index (χ1) is 7.58. The first kappa shape index (κ1) is 13.1. The van der Waals surface area contributed by atoms with Gasteiger partial charge in [-0.05, 0) is 30.2 Å². The highest BCUT2D eigenvalue weighted by Crippen LogP contribution is 2.27. The van der Waals surface area contributed by atoms with Gasteiger partial charge in [-0.15, -0.1) is 11.6 Å². The number of hydrogen-bond acceptors (Lipinski definition) is 2. The molecule has 0 unspecified atom stereocenters. The molecule has 0 fully saturated rings. The zero-order valence-electron chi connectivity index (χ0n) is 9.14. The molecule has 1 amide bonds. The van der Waals surface area contributed by atoms with Crippen LogP contribution in [0.15, 0.2) is 12.1 Å². The van der Waals surface area contributed by atoms with Crippen molar-refractivity contribution in [2.24, 2.45) is 0 Å². The molecule has 0 aliphatic rings. The van der Waals surface area contributed by atoms with Crippen LogP contribution in [0.3, 0.4) is 0 Å². The van der Waals surface area contributed by atoms with Gasteiger partial charge in [0, 0.05) is 6.54 Å². The van der Waals surface area contributed by atoms with E-state index in [1.807, 2.05) is 13.0 Å². The third-order valence-electron chi connectivity index (χ3n) is 2.21. The Hall–Kier alpha value is -0.930. The van der Waals surface area contributed by atoms with Gasteiger partial charge in [-0.25, -0.2) is 0 Å². The summed E-state index contributed by atoms with van der Waals surface area (Å²) in [7, 11) is 1.57. The van der Waals surface area contributed by atoms with Gasteiger partial charge in [-0.3, -0.25) is 4.79 Å². The number of aryl methyl sites for hydroxylation is 1. The van der Waals surface area contributed by atoms with E-state index in [4.69, 9.17) is 27.9 Å². The van der Waals surface area contributed by atoms with Crippen LogP contribution in [0.4, 0.5) is 0 Å². The largest absolute Gasteiger partial charge is 0.495 e. The molecule has 88 valence electrons. The quantitative estimate of drug-likeness (QED) is 0.847. The fourth-order valence-corrected chi connectivity index (χ4v) is 1.64. The van der Waals surface area contributed by atoms with E-state index in [0.29, 0.717) is 17.3 Å². The van der Waals surface area contributed by atoms with Crippen LogP contribution in [0.5, 0.6) is 5.75 Å². The molecule has 0 radical (unpaired) electrons. The number of benzene rings is 1. The van der Waals surface area contributed by atoms with Crippen molar-refractivity contribution in [3.8, 4) is 5.75 Å². The minimum absolute atomic E-state index is 0.0388. The normalized spacial score (nSPS) is 10.0. The Morgan fingerprint density at radius 3 is 2.75 bits per heavy atom. The smallest absolute Gasteiger partial charge is 0.235 e. The highest BCUT2D eigenvalue weighted by Gasteiger charge is 2.07. The lowest BCUT2D eigenvalue weighted by atomic mass is 10.1. The number of methoxy groups -OCH3 is 1. The van der Waals surface area contributed by atoms with E-state index in [2.05, 4.69) is 5.32 Å². The molecule has 0 spiro atoms. The number of hydrogen-bond donors (Lipinski definition) is 1. The predicted octanol–water partition coefficient (Wildman–Crippen LogP) is 2.51. The van der Waals surface area contributed by atoms with Crippen LogP contribution >= 0.6 is 23.2 Å². The van der Waals surface area contributed by atoms with E-state index in [-0.39, 0.29) is 11.8 Å². The molecule has 3 nitrogen and oxygen atoms in total. The van der Waals surface area contributed by atoms with Crippen molar-refractivity contribution in [3.63, 3.8) is 0 Å². The summed E-state index contributed by atoms with van der Waals surface area (Å²) in [4.78, 5) is 11.0. The zero-order chi connectivity index (χ0) is 12.1. The number of alkyl halides is 1. The Morgan fingerprint density at radius 2 is 2.19 bits per heavy atom. The second-order valence-electron chi connectivity index (χ2n) is 3.32. The first-order valence-corrected chi connectivity index (χ1v) is 5.65. The summed E-state index contributed by atoms with van der Waals surface area (Å²) in [5.74, 6) is 0.391. The zero-order valence-corrected chi connectivity index (χ0v) is 10.7. The van der Waals surface area contributed by atoms with Crippen LogP contribution in [-0.2, 0) is 11.3 Å². The molecule has 0 atom stereocenters. The number of rotatable bonds is 4. The summed E-state index contributed by atoms with van der Waals surface area (Å²) in [6.07, 6.45) is 0. The number of carbonyl (C=O) groups is 1. The SMILES string of the molecule is COc1cc(C)c(CNC(=O)CCl)cc1Cl. The molecule has 0 aromatic heterocycles. The van der Waals surface area contributed by atoms with Gasteiger partial charge in [0.1, 0.15) is 11.6 Å². The summed E-state index contributed by atoms with van der Waals surface area (Å²) >= 11 is 11.4. The third-order valence-corrected chi connectivity index (χ3v) is 2.75. The van der Waals surface area contributed by atoms with Gasteiger partial charge >= 0.3 is 0 Å². The first-order valence-electron chi connectivity index (χ1n) is 4.74. The van der Waals surface area contributed by atoms with Crippen LogP contribution in [-0.4, -0.2) is 18.9 Å². The summed E-state index contributed by atoms with van der Waals surface area (Å²) in [5.41, 5.74) is 1.96. The molecule has 0 saturated heterocycles. The number of ether oxygens (including phenoxy) is 1. The van der Waals surface area contributed by atoms with Gasteiger partial charge in [0.15, 0.2) is 0 Å². The third kappa shape index (κ3) is 3.29. The summed E-state index contributed by atoms with van der Waals surface area (Å²) in [6, 6.07) is 3.62. The Bertz CT molecular complexity index is 394. The molecule has 0 aliphatic heterocycles. The van der Waals surface area contributed by atoms with Crippen LogP contribution < -0.4 is 10.1 Å². The number of amides is 1. The Kier molecular flexibility index (Phi) is 4.90. The number of halogens is 2. The minimum atomic E-state index is -0.201. The Balaban J connectivity index is 2.81. The van der Waals surface area contributed by atoms with E-state index in [1.165, 1.54) is 0 Å². The lowest BCUT2D eigenvalue weighted by Crippen LogP contribution is -2.24. The van der Waals surface area contributed by atoms with Crippen LogP contribution in [0, 0.1) is 6.92 Å². The van der Waals surface area contributed by atoms with Crippen LogP contribution in [0.2, 0.25) is 5.02 Å². The van der Waals surface area contributed by atoms with Gasteiger partial charge in [0.25, 0.3) is 0 Å². The maximum atomic E-state index is 11.0. The van der Waals surface area contributed by atoms with E-state index in [9.17, 15) is 4.79 Å². The molecule has 0 heterocycles. The van der Waals surface area contributed by atoms with Gasteiger partial charge in [0.2, 0.25) is 5.91 Å². The monoisotopic (exact) mass is 261 g/mol. The maximum absolute atomic E-state index is 11.0.